The summed E-state index contributed by atoms with van der Waals surface area (Å²) in [6.45, 7) is 8.40. The van der Waals surface area contributed by atoms with Crippen LogP contribution in [0.25, 0.3) is 0 Å². The number of thiol groups is 1. The van der Waals surface area contributed by atoms with Gasteiger partial charge in [0.1, 0.15) is 0 Å². The molecule has 0 N–H and O–H groups in total. The molecule has 0 aromatic heterocycles. The third-order valence-corrected chi connectivity index (χ3v) is 3.42. The molecule has 0 aliphatic rings. The third kappa shape index (κ3) is 10.6. The first kappa shape index (κ1) is 15.3. The zero-order valence-electron chi connectivity index (χ0n) is 10.7. The van der Waals surface area contributed by atoms with Gasteiger partial charge < -0.3 is 4.74 Å². The monoisotopic (exact) mass is 232 g/mol. The Labute approximate surface area is 101 Å². The SMILES string of the molecule is CCCCCCCCOCC(C)(C)CS. The maximum absolute atomic E-state index is 5.65. The van der Waals surface area contributed by atoms with Gasteiger partial charge in [0.15, 0.2) is 0 Å². The summed E-state index contributed by atoms with van der Waals surface area (Å²) < 4.78 is 5.65. The van der Waals surface area contributed by atoms with Gasteiger partial charge >= 0.3 is 0 Å². The predicted octanol–water partition coefficient (Wildman–Crippen LogP) is 4.32. The van der Waals surface area contributed by atoms with Crippen molar-refractivity contribution in [2.45, 2.75) is 59.3 Å². The average Bonchev–Trinajstić information content (AvgIpc) is 2.22. The summed E-state index contributed by atoms with van der Waals surface area (Å²) in [6, 6.07) is 0. The van der Waals surface area contributed by atoms with Crippen LogP contribution >= 0.6 is 12.6 Å². The molecule has 0 fully saturated rings. The van der Waals surface area contributed by atoms with Crippen molar-refractivity contribution in [3.63, 3.8) is 0 Å². The van der Waals surface area contributed by atoms with Gasteiger partial charge in [-0.15, -0.1) is 0 Å². The molecule has 0 unspecified atom stereocenters. The Hall–Kier alpha value is 0.310. The molecule has 0 aliphatic heterocycles. The summed E-state index contributed by atoms with van der Waals surface area (Å²) in [7, 11) is 0. The van der Waals surface area contributed by atoms with Crippen LogP contribution in [0.1, 0.15) is 59.3 Å². The minimum atomic E-state index is 0.228. The van der Waals surface area contributed by atoms with E-state index in [2.05, 4.69) is 33.4 Å². The molecule has 0 atom stereocenters. The number of ether oxygens (including phenoxy) is 1. The first-order chi connectivity index (χ1) is 7.12. The van der Waals surface area contributed by atoms with E-state index in [4.69, 9.17) is 4.74 Å². The zero-order valence-corrected chi connectivity index (χ0v) is 11.6. The molecular weight excluding hydrogens is 204 g/mol. The minimum Gasteiger partial charge on any atom is -0.381 e. The lowest BCUT2D eigenvalue weighted by molar-refractivity contribution is 0.0709. The molecule has 0 radical (unpaired) electrons. The van der Waals surface area contributed by atoms with Crippen molar-refractivity contribution in [3.8, 4) is 0 Å². The van der Waals surface area contributed by atoms with E-state index in [1.807, 2.05) is 0 Å². The first-order valence-corrected chi connectivity index (χ1v) is 6.94. The van der Waals surface area contributed by atoms with Crippen molar-refractivity contribution in [1.82, 2.24) is 0 Å². The van der Waals surface area contributed by atoms with Crippen molar-refractivity contribution in [2.75, 3.05) is 19.0 Å². The molecule has 92 valence electrons. The van der Waals surface area contributed by atoms with Crippen LogP contribution in [-0.4, -0.2) is 19.0 Å². The van der Waals surface area contributed by atoms with Gasteiger partial charge in [0.05, 0.1) is 6.61 Å². The smallest absolute Gasteiger partial charge is 0.0524 e. The van der Waals surface area contributed by atoms with E-state index >= 15 is 0 Å². The molecule has 0 heterocycles. The highest BCUT2D eigenvalue weighted by atomic mass is 32.1. The molecule has 0 aromatic rings. The summed E-state index contributed by atoms with van der Waals surface area (Å²) in [5.41, 5.74) is 0.228. The van der Waals surface area contributed by atoms with Crippen molar-refractivity contribution in [3.05, 3.63) is 0 Å². The molecule has 0 saturated heterocycles. The highest BCUT2D eigenvalue weighted by Crippen LogP contribution is 2.17. The third-order valence-electron chi connectivity index (χ3n) is 2.56. The van der Waals surface area contributed by atoms with E-state index in [0.29, 0.717) is 0 Å². The molecule has 0 bridgehead atoms. The van der Waals surface area contributed by atoms with Crippen LogP contribution in [0.3, 0.4) is 0 Å². The van der Waals surface area contributed by atoms with Gasteiger partial charge in [0, 0.05) is 6.61 Å². The van der Waals surface area contributed by atoms with Crippen molar-refractivity contribution < 1.29 is 4.74 Å². The van der Waals surface area contributed by atoms with Crippen molar-refractivity contribution in [1.29, 1.82) is 0 Å². The Morgan fingerprint density at radius 1 is 1.00 bits per heavy atom. The van der Waals surface area contributed by atoms with Crippen LogP contribution in [0.5, 0.6) is 0 Å². The quantitative estimate of drug-likeness (QED) is 0.436. The lowest BCUT2D eigenvalue weighted by Gasteiger charge is -2.21. The second-order valence-electron chi connectivity index (χ2n) is 5.14. The Morgan fingerprint density at radius 3 is 2.20 bits per heavy atom. The Balaban J connectivity index is 3.11. The van der Waals surface area contributed by atoms with Gasteiger partial charge in [0.2, 0.25) is 0 Å². The summed E-state index contributed by atoms with van der Waals surface area (Å²) in [5.74, 6) is 0.892. The molecule has 0 aliphatic carbocycles. The number of rotatable bonds is 10. The molecule has 0 rings (SSSR count). The van der Waals surface area contributed by atoms with E-state index in [0.717, 1.165) is 19.0 Å². The molecule has 0 saturated carbocycles. The lowest BCUT2D eigenvalue weighted by Crippen LogP contribution is -2.21. The number of hydrogen-bond donors (Lipinski definition) is 1. The summed E-state index contributed by atoms with van der Waals surface area (Å²) in [6.07, 6.45) is 8.00. The Morgan fingerprint density at radius 2 is 1.60 bits per heavy atom. The van der Waals surface area contributed by atoms with Crippen LogP contribution in [-0.2, 0) is 4.74 Å². The van der Waals surface area contributed by atoms with Crippen LogP contribution in [0.4, 0.5) is 0 Å². The van der Waals surface area contributed by atoms with Gasteiger partial charge in [-0.25, -0.2) is 0 Å². The fourth-order valence-corrected chi connectivity index (χ4v) is 1.47. The van der Waals surface area contributed by atoms with E-state index in [1.54, 1.807) is 0 Å². The summed E-state index contributed by atoms with van der Waals surface area (Å²) in [5, 5.41) is 0. The Bertz CT molecular complexity index is 134. The second-order valence-corrected chi connectivity index (χ2v) is 5.46. The Kier molecular flexibility index (Phi) is 9.73. The van der Waals surface area contributed by atoms with Gasteiger partial charge in [0.25, 0.3) is 0 Å². The number of unbranched alkanes of at least 4 members (excludes halogenated alkanes) is 5. The van der Waals surface area contributed by atoms with Crippen LogP contribution < -0.4 is 0 Å². The van der Waals surface area contributed by atoms with Gasteiger partial charge in [-0.2, -0.15) is 12.6 Å². The van der Waals surface area contributed by atoms with Gasteiger partial charge in [-0.1, -0.05) is 52.9 Å². The summed E-state index contributed by atoms with van der Waals surface area (Å²) in [4.78, 5) is 0. The normalized spacial score (nSPS) is 12.0. The highest BCUT2D eigenvalue weighted by Gasteiger charge is 2.15. The standard InChI is InChI=1S/C13H28OS/c1-4-5-6-7-8-9-10-14-11-13(2,3)12-15/h15H,4-12H2,1-3H3. The molecule has 15 heavy (non-hydrogen) atoms. The number of hydrogen-bond acceptors (Lipinski definition) is 2. The highest BCUT2D eigenvalue weighted by molar-refractivity contribution is 7.80. The second kappa shape index (κ2) is 9.53. The van der Waals surface area contributed by atoms with Crippen molar-refractivity contribution in [2.24, 2.45) is 5.41 Å². The predicted molar refractivity (Wildman–Crippen MR) is 71.8 cm³/mol. The van der Waals surface area contributed by atoms with Gasteiger partial charge in [-0.05, 0) is 17.6 Å². The van der Waals surface area contributed by atoms with Crippen LogP contribution in [0, 0.1) is 5.41 Å². The molecule has 0 aromatic carbocycles. The topological polar surface area (TPSA) is 9.23 Å². The van der Waals surface area contributed by atoms with Crippen molar-refractivity contribution >= 4 is 12.6 Å². The zero-order chi connectivity index (χ0) is 11.6. The molecular formula is C13H28OS. The van der Waals surface area contributed by atoms with E-state index in [9.17, 15) is 0 Å². The first-order valence-electron chi connectivity index (χ1n) is 6.31. The minimum absolute atomic E-state index is 0.228. The maximum Gasteiger partial charge on any atom is 0.0524 e. The van der Waals surface area contributed by atoms with Crippen LogP contribution in [0.15, 0.2) is 0 Å². The average molecular weight is 232 g/mol. The maximum atomic E-state index is 5.65. The molecule has 0 amide bonds. The molecule has 0 spiro atoms. The molecule has 1 nitrogen and oxygen atoms in total. The molecule has 2 heteroatoms. The van der Waals surface area contributed by atoms with E-state index < -0.39 is 0 Å². The fourth-order valence-electron chi connectivity index (χ4n) is 1.38. The largest absolute Gasteiger partial charge is 0.381 e. The van der Waals surface area contributed by atoms with E-state index in [-0.39, 0.29) is 5.41 Å². The van der Waals surface area contributed by atoms with Crippen LogP contribution in [0.2, 0.25) is 0 Å². The lowest BCUT2D eigenvalue weighted by atomic mass is 9.98. The fraction of sp³-hybridized carbons (Fsp3) is 1.00. The summed E-state index contributed by atoms with van der Waals surface area (Å²) >= 11 is 4.30. The van der Waals surface area contributed by atoms with Gasteiger partial charge in [-0.3, -0.25) is 0 Å². The van der Waals surface area contributed by atoms with E-state index in [1.165, 1.54) is 38.5 Å².